The Kier molecular flexibility index (Phi) is 8.59. The van der Waals surface area contributed by atoms with Crippen LogP contribution in [-0.2, 0) is 25.8 Å². The third-order valence-electron chi connectivity index (χ3n) is 7.42. The first-order valence-corrected chi connectivity index (χ1v) is 14.2. The lowest BCUT2D eigenvalue weighted by atomic mass is 9.73. The maximum Gasteiger partial charge on any atom is 0.257 e. The molecule has 1 fully saturated rings. The van der Waals surface area contributed by atoms with Crippen LogP contribution in [0, 0.1) is 5.41 Å². The van der Waals surface area contributed by atoms with Crippen molar-refractivity contribution >= 4 is 21.7 Å². The fourth-order valence-corrected chi connectivity index (χ4v) is 6.26. The Hall–Kier alpha value is -3.15. The van der Waals surface area contributed by atoms with E-state index in [0.29, 0.717) is 29.9 Å². The fraction of sp³-hybridized carbons (Fsp3) is 0.481. The molecular weight excluding hydrogens is 512 g/mol. The van der Waals surface area contributed by atoms with Crippen molar-refractivity contribution in [3.05, 3.63) is 54.1 Å². The lowest BCUT2D eigenvalue weighted by Gasteiger charge is -2.43. The van der Waals surface area contributed by atoms with Gasteiger partial charge >= 0.3 is 0 Å². The van der Waals surface area contributed by atoms with E-state index in [-0.39, 0.29) is 49.9 Å². The second kappa shape index (κ2) is 11.7. The minimum absolute atomic E-state index is 0.0445. The van der Waals surface area contributed by atoms with Gasteiger partial charge in [0.05, 0.1) is 24.2 Å². The zero-order valence-corrected chi connectivity index (χ0v) is 22.2. The van der Waals surface area contributed by atoms with Crippen LogP contribution in [0.5, 0.6) is 11.5 Å². The molecule has 0 aromatic heterocycles. The van der Waals surface area contributed by atoms with Crippen LogP contribution in [0.4, 0.5) is 0 Å². The lowest BCUT2D eigenvalue weighted by Crippen LogP contribution is -2.51. The van der Waals surface area contributed by atoms with E-state index in [2.05, 4.69) is 5.32 Å². The summed E-state index contributed by atoms with van der Waals surface area (Å²) in [5, 5.41) is 24.5. The molecule has 11 heteroatoms. The minimum atomic E-state index is -3.83. The Bertz CT molecular complexity index is 1240. The Labute approximate surface area is 222 Å². The fourth-order valence-electron chi connectivity index (χ4n) is 5.04. The maximum absolute atomic E-state index is 12.9. The van der Waals surface area contributed by atoms with Gasteiger partial charge in [-0.05, 0) is 60.6 Å². The van der Waals surface area contributed by atoms with Gasteiger partial charge in [0, 0.05) is 26.1 Å². The van der Waals surface area contributed by atoms with E-state index in [4.69, 9.17) is 9.47 Å². The highest BCUT2D eigenvalue weighted by atomic mass is 32.2. The molecular formula is C27H34N2O8S. The van der Waals surface area contributed by atoms with Gasteiger partial charge in [-0.3, -0.25) is 9.59 Å². The third kappa shape index (κ3) is 6.64. The number of benzene rings is 2. The number of nitrogens with one attached hydrogen (secondary N) is 1. The van der Waals surface area contributed by atoms with Crippen LogP contribution in [0.3, 0.4) is 0 Å². The van der Waals surface area contributed by atoms with Crippen molar-refractivity contribution in [2.45, 2.75) is 42.8 Å². The van der Waals surface area contributed by atoms with E-state index in [9.17, 15) is 28.2 Å². The summed E-state index contributed by atoms with van der Waals surface area (Å²) >= 11 is 0. The number of aliphatic hydroxyl groups is 2. The van der Waals surface area contributed by atoms with Crippen LogP contribution in [0.2, 0.25) is 0 Å². The van der Waals surface area contributed by atoms with E-state index >= 15 is 0 Å². The number of nitrogens with zero attached hydrogens (tertiary/aromatic N) is 1. The van der Waals surface area contributed by atoms with Crippen LogP contribution < -0.4 is 14.8 Å². The molecule has 3 N–H and O–H groups in total. The molecule has 2 atom stereocenters. The number of sulfone groups is 1. The minimum Gasteiger partial charge on any atom is -0.497 e. The number of para-hydroxylation sites is 1. The van der Waals surface area contributed by atoms with Gasteiger partial charge in [-0.2, -0.15) is 0 Å². The van der Waals surface area contributed by atoms with Crippen molar-refractivity contribution in [1.82, 2.24) is 10.2 Å². The summed E-state index contributed by atoms with van der Waals surface area (Å²) in [7, 11) is -2.35. The molecule has 2 aromatic carbocycles. The maximum atomic E-state index is 12.9. The molecule has 1 spiro atoms. The van der Waals surface area contributed by atoms with E-state index in [1.807, 2.05) is 0 Å². The zero-order valence-electron chi connectivity index (χ0n) is 21.3. The second-order valence-electron chi connectivity index (χ2n) is 10.0. The summed E-state index contributed by atoms with van der Waals surface area (Å²) in [6.07, 6.45) is -0.837. The van der Waals surface area contributed by atoms with Gasteiger partial charge in [-0.1, -0.05) is 18.2 Å². The highest BCUT2D eigenvalue weighted by Gasteiger charge is 2.40. The number of aliphatic hydroxyl groups excluding tert-OH is 2. The smallest absolute Gasteiger partial charge is 0.257 e. The van der Waals surface area contributed by atoms with Crippen molar-refractivity contribution < 1.29 is 37.7 Å². The SMILES string of the molecule is COc1ccc(S(=O)(=O)CC(=O)N2CCC3(CC2)CNC(=O)COc2ccccc2C[C@H](O)[C@H](O)C3)cc1. The normalized spacial score (nSPS) is 22.3. The van der Waals surface area contributed by atoms with E-state index in [0.717, 1.165) is 0 Å². The van der Waals surface area contributed by atoms with E-state index in [1.165, 1.54) is 36.3 Å². The molecule has 2 heterocycles. The van der Waals surface area contributed by atoms with Gasteiger partial charge in [0.15, 0.2) is 16.4 Å². The van der Waals surface area contributed by atoms with Gasteiger partial charge in [-0.15, -0.1) is 0 Å². The highest BCUT2D eigenvalue weighted by Crippen LogP contribution is 2.37. The van der Waals surface area contributed by atoms with Crippen LogP contribution in [0.15, 0.2) is 53.4 Å². The summed E-state index contributed by atoms with van der Waals surface area (Å²) < 4.78 is 36.3. The molecule has 2 aromatic rings. The van der Waals surface area contributed by atoms with Crippen molar-refractivity contribution in [3.8, 4) is 11.5 Å². The van der Waals surface area contributed by atoms with Crippen molar-refractivity contribution in [2.24, 2.45) is 5.41 Å². The second-order valence-corrected chi connectivity index (χ2v) is 12.0. The largest absolute Gasteiger partial charge is 0.497 e. The number of fused-ring (bicyclic) bond motifs is 1. The number of carbonyl (C=O) groups excluding carboxylic acids is 2. The predicted octanol–water partition coefficient (Wildman–Crippen LogP) is 0.941. The van der Waals surface area contributed by atoms with E-state index < -0.39 is 39.1 Å². The van der Waals surface area contributed by atoms with Crippen molar-refractivity contribution in [1.29, 1.82) is 0 Å². The Morgan fingerprint density at radius 2 is 1.79 bits per heavy atom. The number of rotatable bonds is 4. The zero-order chi connectivity index (χ0) is 27.3. The first-order valence-electron chi connectivity index (χ1n) is 12.6. The number of hydrogen-bond donors (Lipinski definition) is 3. The van der Waals surface area contributed by atoms with Gasteiger partial charge in [-0.25, -0.2) is 8.42 Å². The van der Waals surface area contributed by atoms with Gasteiger partial charge in [0.1, 0.15) is 17.3 Å². The number of ether oxygens (including phenoxy) is 2. The Morgan fingerprint density at radius 1 is 1.11 bits per heavy atom. The Balaban J connectivity index is 1.42. The van der Waals surface area contributed by atoms with Crippen LogP contribution >= 0.6 is 0 Å². The lowest BCUT2D eigenvalue weighted by molar-refractivity contribution is -0.132. The van der Waals surface area contributed by atoms with Crippen LogP contribution in [-0.4, -0.2) is 86.7 Å². The Morgan fingerprint density at radius 3 is 2.47 bits per heavy atom. The number of hydrogen-bond acceptors (Lipinski definition) is 8. The molecule has 0 aliphatic carbocycles. The first kappa shape index (κ1) is 27.9. The van der Waals surface area contributed by atoms with Gasteiger partial charge < -0.3 is 29.9 Å². The molecule has 38 heavy (non-hydrogen) atoms. The molecule has 0 saturated carbocycles. The van der Waals surface area contributed by atoms with Crippen LogP contribution in [0.25, 0.3) is 0 Å². The molecule has 1 saturated heterocycles. The molecule has 0 radical (unpaired) electrons. The molecule has 10 nitrogen and oxygen atoms in total. The molecule has 2 amide bonds. The summed E-state index contributed by atoms with van der Waals surface area (Å²) in [6.45, 7) is 0.607. The average molecular weight is 547 g/mol. The number of carbonyl (C=O) groups is 2. The third-order valence-corrected chi connectivity index (χ3v) is 9.03. The number of amides is 2. The molecule has 2 aliphatic rings. The molecule has 4 rings (SSSR count). The number of methoxy groups -OCH3 is 1. The monoisotopic (exact) mass is 546 g/mol. The summed E-state index contributed by atoms with van der Waals surface area (Å²) in [5.74, 6) is -0.456. The van der Waals surface area contributed by atoms with Gasteiger partial charge in [0.2, 0.25) is 5.91 Å². The van der Waals surface area contributed by atoms with E-state index in [1.54, 1.807) is 24.3 Å². The van der Waals surface area contributed by atoms with Crippen molar-refractivity contribution in [2.75, 3.05) is 39.1 Å². The standard InChI is InChI=1S/C27H34N2O8S/c1-36-20-6-8-21(9-7-20)38(34,35)17-26(33)29-12-10-27(11-13-29)15-23(31)22(30)14-19-4-2-3-5-24(19)37-16-25(32)28-18-27/h2-9,22-23,30-31H,10-18H2,1H3,(H,28,32)/t22-,23+/m0/s1. The van der Waals surface area contributed by atoms with Crippen LogP contribution in [0.1, 0.15) is 24.8 Å². The summed E-state index contributed by atoms with van der Waals surface area (Å²) in [4.78, 5) is 27.0. The predicted molar refractivity (Wildman–Crippen MR) is 139 cm³/mol. The molecule has 206 valence electrons. The topological polar surface area (TPSA) is 142 Å². The first-order chi connectivity index (χ1) is 18.1. The summed E-state index contributed by atoms with van der Waals surface area (Å²) in [5.41, 5.74) is 0.125. The summed E-state index contributed by atoms with van der Waals surface area (Å²) in [6, 6.07) is 13.0. The number of likely N-dealkylation sites (tertiary alicyclic amines) is 1. The van der Waals surface area contributed by atoms with Crippen molar-refractivity contribution in [3.63, 3.8) is 0 Å². The van der Waals surface area contributed by atoms with Gasteiger partial charge in [0.25, 0.3) is 5.91 Å². The number of piperidine rings is 1. The molecule has 0 unspecified atom stereocenters. The quantitative estimate of drug-likeness (QED) is 0.514. The highest BCUT2D eigenvalue weighted by molar-refractivity contribution is 7.92. The molecule has 2 aliphatic heterocycles. The average Bonchev–Trinajstić information content (AvgIpc) is 2.91. The molecule has 0 bridgehead atoms.